The highest BCUT2D eigenvalue weighted by atomic mass is 16.3. The van der Waals surface area contributed by atoms with Crippen molar-refractivity contribution >= 4 is 5.69 Å². The van der Waals surface area contributed by atoms with Crippen LogP contribution in [0.4, 0.5) is 5.69 Å². The Labute approximate surface area is 79.8 Å². The Morgan fingerprint density at radius 2 is 2.00 bits per heavy atom. The van der Waals surface area contributed by atoms with E-state index >= 15 is 0 Å². The smallest absolute Gasteiger partial charge is 0.120 e. The fourth-order valence-corrected chi connectivity index (χ4v) is 1.49. The fourth-order valence-electron chi connectivity index (χ4n) is 1.49. The molecule has 0 aliphatic carbocycles. The van der Waals surface area contributed by atoms with E-state index in [-0.39, 0.29) is 0 Å². The first kappa shape index (κ1) is 9.90. The minimum Gasteiger partial charge on any atom is -0.508 e. The molecule has 2 nitrogen and oxygen atoms in total. The normalized spacial score (nSPS) is 10.1. The largest absolute Gasteiger partial charge is 0.508 e. The Balaban J connectivity index is 3.09. The zero-order valence-electron chi connectivity index (χ0n) is 8.54. The lowest BCUT2D eigenvalue weighted by atomic mass is 10.1. The first-order valence-electron chi connectivity index (χ1n) is 4.65. The van der Waals surface area contributed by atoms with Gasteiger partial charge in [-0.05, 0) is 18.6 Å². The summed E-state index contributed by atoms with van der Waals surface area (Å²) in [4.78, 5) is 2.03. The van der Waals surface area contributed by atoms with Crippen LogP contribution < -0.4 is 4.90 Å². The third kappa shape index (κ3) is 2.14. The maximum absolute atomic E-state index is 9.64. The summed E-state index contributed by atoms with van der Waals surface area (Å²) < 4.78 is 0. The molecule has 0 fully saturated rings. The van der Waals surface area contributed by atoms with Crippen molar-refractivity contribution in [3.8, 4) is 5.75 Å². The minimum atomic E-state index is 0.410. The van der Waals surface area contributed by atoms with Gasteiger partial charge in [0, 0.05) is 25.3 Å². The van der Waals surface area contributed by atoms with Gasteiger partial charge in [0.05, 0.1) is 0 Å². The van der Waals surface area contributed by atoms with Gasteiger partial charge >= 0.3 is 0 Å². The molecule has 0 aliphatic rings. The monoisotopic (exact) mass is 179 g/mol. The van der Waals surface area contributed by atoms with Crippen LogP contribution in [0, 0.1) is 0 Å². The second-order valence-electron chi connectivity index (χ2n) is 3.42. The summed E-state index contributed by atoms with van der Waals surface area (Å²) in [5.74, 6) is 0.410. The first-order valence-corrected chi connectivity index (χ1v) is 4.65. The summed E-state index contributed by atoms with van der Waals surface area (Å²) in [6.45, 7) is 2.12. The topological polar surface area (TPSA) is 23.5 Å². The molecule has 0 heterocycles. The van der Waals surface area contributed by atoms with Crippen LogP contribution >= 0.6 is 0 Å². The molecule has 1 N–H and O–H groups in total. The number of rotatable bonds is 3. The van der Waals surface area contributed by atoms with Gasteiger partial charge in [-0.25, -0.2) is 0 Å². The minimum absolute atomic E-state index is 0.410. The average molecular weight is 179 g/mol. The van der Waals surface area contributed by atoms with Gasteiger partial charge in [-0.15, -0.1) is 0 Å². The van der Waals surface area contributed by atoms with Gasteiger partial charge in [-0.3, -0.25) is 0 Å². The second-order valence-corrected chi connectivity index (χ2v) is 3.42. The molecule has 0 saturated heterocycles. The summed E-state index contributed by atoms with van der Waals surface area (Å²) in [6.07, 6.45) is 1.98. The lowest BCUT2D eigenvalue weighted by molar-refractivity contribution is 0.467. The van der Waals surface area contributed by atoms with E-state index in [0.29, 0.717) is 5.75 Å². The number of benzene rings is 1. The van der Waals surface area contributed by atoms with Crippen LogP contribution in [0.1, 0.15) is 18.9 Å². The lowest BCUT2D eigenvalue weighted by Gasteiger charge is -2.17. The molecule has 0 bridgehead atoms. The van der Waals surface area contributed by atoms with Gasteiger partial charge in [0.25, 0.3) is 0 Å². The van der Waals surface area contributed by atoms with Crippen molar-refractivity contribution in [1.29, 1.82) is 0 Å². The highest BCUT2D eigenvalue weighted by Crippen LogP contribution is 2.28. The molecule has 0 aliphatic heterocycles. The Morgan fingerprint density at radius 1 is 1.31 bits per heavy atom. The number of anilines is 1. The predicted octanol–water partition coefficient (Wildman–Crippen LogP) is 2.41. The van der Waals surface area contributed by atoms with E-state index in [9.17, 15) is 5.11 Å². The Kier molecular flexibility index (Phi) is 3.18. The van der Waals surface area contributed by atoms with Gasteiger partial charge in [-0.1, -0.05) is 19.4 Å². The third-order valence-electron chi connectivity index (χ3n) is 2.11. The zero-order valence-corrected chi connectivity index (χ0v) is 8.54. The van der Waals surface area contributed by atoms with Crippen LogP contribution in [-0.4, -0.2) is 19.2 Å². The Morgan fingerprint density at radius 3 is 2.54 bits per heavy atom. The molecule has 72 valence electrons. The highest BCUT2D eigenvalue weighted by molar-refractivity contribution is 5.58. The van der Waals surface area contributed by atoms with Crippen molar-refractivity contribution in [2.45, 2.75) is 19.8 Å². The van der Waals surface area contributed by atoms with Crippen molar-refractivity contribution in [3.05, 3.63) is 23.8 Å². The SMILES string of the molecule is CCCc1c(O)cccc1N(C)C. The van der Waals surface area contributed by atoms with Crippen LogP contribution in [0.5, 0.6) is 5.75 Å². The molecular weight excluding hydrogens is 162 g/mol. The fraction of sp³-hybridized carbons (Fsp3) is 0.455. The predicted molar refractivity (Wildman–Crippen MR) is 56.4 cm³/mol. The molecule has 0 radical (unpaired) electrons. The van der Waals surface area contributed by atoms with Crippen LogP contribution in [0.2, 0.25) is 0 Å². The molecule has 0 spiro atoms. The average Bonchev–Trinajstić information content (AvgIpc) is 2.08. The first-order chi connectivity index (χ1) is 6.16. The molecule has 0 amide bonds. The Hall–Kier alpha value is -1.18. The summed E-state index contributed by atoms with van der Waals surface area (Å²) in [6, 6.07) is 5.66. The number of phenols is 1. The molecule has 1 rings (SSSR count). The van der Waals surface area contributed by atoms with E-state index in [4.69, 9.17) is 0 Å². The van der Waals surface area contributed by atoms with E-state index in [1.165, 1.54) is 0 Å². The van der Waals surface area contributed by atoms with E-state index in [0.717, 1.165) is 24.1 Å². The third-order valence-corrected chi connectivity index (χ3v) is 2.11. The molecule has 0 aromatic heterocycles. The van der Waals surface area contributed by atoms with E-state index < -0.39 is 0 Å². The zero-order chi connectivity index (χ0) is 9.84. The van der Waals surface area contributed by atoms with Gasteiger partial charge in [-0.2, -0.15) is 0 Å². The summed E-state index contributed by atoms with van der Waals surface area (Å²) >= 11 is 0. The molecule has 0 unspecified atom stereocenters. The quantitative estimate of drug-likeness (QED) is 0.770. The maximum Gasteiger partial charge on any atom is 0.120 e. The molecule has 2 heteroatoms. The number of nitrogens with zero attached hydrogens (tertiary/aromatic N) is 1. The lowest BCUT2D eigenvalue weighted by Crippen LogP contribution is -2.11. The van der Waals surface area contributed by atoms with Gasteiger partial charge in [0.15, 0.2) is 0 Å². The van der Waals surface area contributed by atoms with Crippen molar-refractivity contribution < 1.29 is 5.11 Å². The van der Waals surface area contributed by atoms with E-state index in [1.807, 2.05) is 31.1 Å². The molecule has 13 heavy (non-hydrogen) atoms. The van der Waals surface area contributed by atoms with Crippen molar-refractivity contribution in [2.24, 2.45) is 0 Å². The van der Waals surface area contributed by atoms with E-state index in [1.54, 1.807) is 6.07 Å². The number of aromatic hydroxyl groups is 1. The maximum atomic E-state index is 9.64. The molecular formula is C11H17NO. The van der Waals surface area contributed by atoms with Crippen LogP contribution in [-0.2, 0) is 6.42 Å². The second kappa shape index (κ2) is 4.17. The summed E-state index contributed by atoms with van der Waals surface area (Å²) in [5.41, 5.74) is 2.16. The van der Waals surface area contributed by atoms with Gasteiger partial charge in [0.2, 0.25) is 0 Å². The van der Waals surface area contributed by atoms with E-state index in [2.05, 4.69) is 6.92 Å². The van der Waals surface area contributed by atoms with Crippen molar-refractivity contribution in [1.82, 2.24) is 0 Å². The summed E-state index contributed by atoms with van der Waals surface area (Å²) in [5, 5.41) is 9.64. The van der Waals surface area contributed by atoms with Crippen molar-refractivity contribution in [3.63, 3.8) is 0 Å². The molecule has 0 atom stereocenters. The van der Waals surface area contributed by atoms with Gasteiger partial charge < -0.3 is 10.0 Å². The standard InChI is InChI=1S/C11H17NO/c1-4-6-9-10(12(2)3)7-5-8-11(9)13/h5,7-8,13H,4,6H2,1-3H3. The highest BCUT2D eigenvalue weighted by Gasteiger charge is 2.07. The van der Waals surface area contributed by atoms with Crippen LogP contribution in [0.25, 0.3) is 0 Å². The molecule has 1 aromatic rings. The van der Waals surface area contributed by atoms with Crippen LogP contribution in [0.15, 0.2) is 18.2 Å². The number of hydrogen-bond donors (Lipinski definition) is 1. The molecule has 0 saturated carbocycles. The molecule has 1 aromatic carbocycles. The number of phenolic OH excluding ortho intramolecular Hbond substituents is 1. The van der Waals surface area contributed by atoms with Crippen molar-refractivity contribution in [2.75, 3.05) is 19.0 Å². The summed E-state index contributed by atoms with van der Waals surface area (Å²) in [7, 11) is 3.99. The Bertz CT molecular complexity index is 281. The van der Waals surface area contributed by atoms with Gasteiger partial charge in [0.1, 0.15) is 5.75 Å². The number of hydrogen-bond acceptors (Lipinski definition) is 2. The van der Waals surface area contributed by atoms with Crippen LogP contribution in [0.3, 0.4) is 0 Å².